The molecule has 1 aromatic carbocycles. The van der Waals surface area contributed by atoms with Crippen LogP contribution in [-0.2, 0) is 10.3 Å². The van der Waals surface area contributed by atoms with Crippen molar-refractivity contribution in [2.75, 3.05) is 6.61 Å². The van der Waals surface area contributed by atoms with Crippen LogP contribution in [0.5, 0.6) is 0 Å². The zero-order valence-corrected chi connectivity index (χ0v) is 60.4. The van der Waals surface area contributed by atoms with Crippen LogP contribution < -0.4 is 5.32 Å². The first-order valence-corrected chi connectivity index (χ1v) is 32.2. The second-order valence-electron chi connectivity index (χ2n) is 32.9. The van der Waals surface area contributed by atoms with E-state index in [0.717, 1.165) is 16.7 Å². The molecule has 0 heterocycles. The third-order valence-electron chi connectivity index (χ3n) is 12.1. The van der Waals surface area contributed by atoms with E-state index in [2.05, 4.69) is 206 Å². The molecule has 0 fully saturated rings. The minimum atomic E-state index is -0.500. The summed E-state index contributed by atoms with van der Waals surface area (Å²) in [6.07, 6.45) is 28.1. The van der Waals surface area contributed by atoms with Crippen LogP contribution in [0.2, 0.25) is 0 Å². The molecule has 0 radical (unpaired) electrons. The van der Waals surface area contributed by atoms with Gasteiger partial charge in [-0.25, -0.2) is 4.79 Å². The Labute approximate surface area is 491 Å². The molecule has 1 rings (SSSR count). The Bertz CT molecular complexity index is 1260. The topological polar surface area (TPSA) is 38.3 Å². The highest BCUT2D eigenvalue weighted by Crippen LogP contribution is 2.27. The predicted molar refractivity (Wildman–Crippen MR) is 361 cm³/mol. The van der Waals surface area contributed by atoms with Crippen LogP contribution in [0.3, 0.4) is 0 Å². The molecular weight excluding hydrogens is 935 g/mol. The molecule has 0 saturated heterocycles. The van der Waals surface area contributed by atoms with Crippen LogP contribution in [0.1, 0.15) is 381 Å². The molecular formula is C74H153NO2. The van der Waals surface area contributed by atoms with Crippen LogP contribution in [-0.4, -0.2) is 12.7 Å². The van der Waals surface area contributed by atoms with Gasteiger partial charge in [0.05, 0.1) is 12.1 Å². The van der Waals surface area contributed by atoms with Crippen molar-refractivity contribution in [1.82, 2.24) is 5.32 Å². The van der Waals surface area contributed by atoms with Gasteiger partial charge in [-0.2, -0.15) is 0 Å². The second kappa shape index (κ2) is 46.8. The normalized spacial score (nSPS) is 12.0. The van der Waals surface area contributed by atoms with Gasteiger partial charge in [-0.3, -0.25) is 0 Å². The number of nitrogens with one attached hydrogen (secondary N) is 1. The Kier molecular flexibility index (Phi) is 54.1. The molecule has 0 spiro atoms. The summed E-state index contributed by atoms with van der Waals surface area (Å²) in [5.41, 5.74) is 6.42. The number of hydrogen-bond donors (Lipinski definition) is 1. The van der Waals surface area contributed by atoms with Crippen molar-refractivity contribution in [2.24, 2.45) is 43.3 Å². The highest BCUT2D eigenvalue weighted by molar-refractivity contribution is 5.69. The molecule has 0 aliphatic heterocycles. The van der Waals surface area contributed by atoms with Gasteiger partial charge in [0.2, 0.25) is 0 Å². The van der Waals surface area contributed by atoms with Crippen molar-refractivity contribution in [1.29, 1.82) is 0 Å². The van der Waals surface area contributed by atoms with Gasteiger partial charge in [0.25, 0.3) is 0 Å². The van der Waals surface area contributed by atoms with E-state index < -0.39 is 11.6 Å². The fourth-order valence-electron chi connectivity index (χ4n) is 6.77. The lowest BCUT2D eigenvalue weighted by Gasteiger charge is -2.28. The number of carbonyl (C=O) groups is 1. The van der Waals surface area contributed by atoms with E-state index in [9.17, 15) is 4.79 Å². The molecule has 0 saturated carbocycles. The number of alkyl carbamates (subject to hydrolysis) is 1. The van der Waals surface area contributed by atoms with Crippen molar-refractivity contribution < 1.29 is 9.53 Å². The van der Waals surface area contributed by atoms with Crippen LogP contribution in [0.25, 0.3) is 5.57 Å². The van der Waals surface area contributed by atoms with E-state index in [1.807, 2.05) is 65.8 Å². The Morgan fingerprint density at radius 3 is 0.766 bits per heavy atom. The van der Waals surface area contributed by atoms with Crippen molar-refractivity contribution in [3.05, 3.63) is 42.0 Å². The molecule has 1 amide bonds. The fourth-order valence-corrected chi connectivity index (χ4v) is 6.77. The molecule has 0 aromatic heterocycles. The second-order valence-corrected chi connectivity index (χ2v) is 32.9. The average Bonchev–Trinajstić information content (AvgIpc) is 3.25. The molecule has 1 aromatic rings. The summed E-state index contributed by atoms with van der Waals surface area (Å²) >= 11 is 0. The lowest BCUT2D eigenvalue weighted by Crippen LogP contribution is -2.42. The van der Waals surface area contributed by atoms with Crippen molar-refractivity contribution in [3.63, 3.8) is 0 Å². The van der Waals surface area contributed by atoms with Gasteiger partial charge in [-0.05, 0) is 126 Å². The largest absolute Gasteiger partial charge is 0.449 e. The lowest BCUT2D eigenvalue weighted by molar-refractivity contribution is 0.0986. The van der Waals surface area contributed by atoms with E-state index in [1.165, 1.54) is 135 Å². The summed E-state index contributed by atoms with van der Waals surface area (Å²) < 4.78 is 5.27. The third-order valence-corrected chi connectivity index (χ3v) is 12.1. The zero-order chi connectivity index (χ0) is 62.6. The molecule has 3 heteroatoms. The molecule has 0 aliphatic rings. The number of benzene rings is 1. The number of hydrogen-bond acceptors (Lipinski definition) is 2. The molecule has 3 nitrogen and oxygen atoms in total. The Hall–Kier alpha value is -1.77. The van der Waals surface area contributed by atoms with Gasteiger partial charge in [0.15, 0.2) is 0 Å². The summed E-state index contributed by atoms with van der Waals surface area (Å²) in [7, 11) is 0. The van der Waals surface area contributed by atoms with Crippen LogP contribution in [0.4, 0.5) is 4.79 Å². The van der Waals surface area contributed by atoms with E-state index in [4.69, 9.17) is 4.74 Å². The van der Waals surface area contributed by atoms with Gasteiger partial charge < -0.3 is 10.1 Å². The first kappa shape index (κ1) is 89.0. The summed E-state index contributed by atoms with van der Waals surface area (Å²) in [5.74, 6) is 0. The third kappa shape index (κ3) is 93.9. The minimum Gasteiger partial charge on any atom is -0.449 e. The summed E-state index contributed by atoms with van der Waals surface area (Å²) in [6, 6.07) is 8.03. The molecule has 0 unspecified atom stereocenters. The number of rotatable bonds is 18. The number of ether oxygens (including phenoxy) is 1. The Balaban J connectivity index is -0.000000152. The quantitative estimate of drug-likeness (QED) is 0.159. The van der Waals surface area contributed by atoms with E-state index in [-0.39, 0.29) is 5.41 Å². The fraction of sp³-hybridized carbons (Fsp3) is 0.878. The standard InChI is InChI=1S/C18H27NO2.7C8H18/c1-13(2)14-9-8-10-15(11-14)18(6,7)19-16(20)21-12-17(3,4)5;7*1-5-6-7-8(2,3)4/h8-11H,1,12H2,2-7H3,(H,19,20);7*5-7H2,1-4H3. The van der Waals surface area contributed by atoms with Crippen molar-refractivity contribution in [3.8, 4) is 0 Å². The minimum absolute atomic E-state index is 0.0403. The SMILES string of the molecule is C=C(C)c1cccc(C(C)(C)NC(=O)OCC(C)(C)C)c1.CCCCC(C)(C)C.CCCCC(C)(C)C.CCCCC(C)(C)C.CCCCC(C)(C)C.CCCCC(C)(C)C.CCCCC(C)(C)C.CCCCC(C)(C)C. The van der Waals surface area contributed by atoms with Gasteiger partial charge >= 0.3 is 6.09 Å². The van der Waals surface area contributed by atoms with Crippen molar-refractivity contribution >= 4 is 11.7 Å². The first-order valence-electron chi connectivity index (χ1n) is 32.2. The van der Waals surface area contributed by atoms with Gasteiger partial charge in [0.1, 0.15) is 0 Å². The predicted octanol–water partition coefficient (Wildman–Crippen LogP) is 27.3. The molecule has 1 N–H and O–H groups in total. The van der Waals surface area contributed by atoms with Crippen molar-refractivity contribution in [2.45, 2.75) is 376 Å². The maximum atomic E-state index is 11.9. The summed E-state index contributed by atoms with van der Waals surface area (Å²) in [6.45, 7) is 80.2. The van der Waals surface area contributed by atoms with Gasteiger partial charge in [0, 0.05) is 0 Å². The summed E-state index contributed by atoms with van der Waals surface area (Å²) in [5, 5.41) is 2.92. The molecule has 466 valence electrons. The maximum absolute atomic E-state index is 11.9. The van der Waals surface area contributed by atoms with Gasteiger partial charge in [-0.15, -0.1) is 0 Å². The number of unbranched alkanes of at least 4 members (excludes halogenated alkanes) is 7. The van der Waals surface area contributed by atoms with E-state index in [0.29, 0.717) is 44.5 Å². The van der Waals surface area contributed by atoms with Crippen LogP contribution >= 0.6 is 0 Å². The van der Waals surface area contributed by atoms with E-state index in [1.54, 1.807) is 0 Å². The van der Waals surface area contributed by atoms with Gasteiger partial charge in [-0.1, -0.05) is 335 Å². The Morgan fingerprint density at radius 1 is 0.390 bits per heavy atom. The maximum Gasteiger partial charge on any atom is 0.407 e. The highest BCUT2D eigenvalue weighted by Gasteiger charge is 2.25. The molecule has 77 heavy (non-hydrogen) atoms. The van der Waals surface area contributed by atoms with E-state index >= 15 is 0 Å². The average molecular weight is 1090 g/mol. The highest BCUT2D eigenvalue weighted by atomic mass is 16.5. The molecule has 0 aliphatic carbocycles. The number of amides is 1. The lowest BCUT2D eigenvalue weighted by atomic mass is 9.90. The molecule has 0 bridgehead atoms. The monoisotopic (exact) mass is 1090 g/mol. The first-order chi connectivity index (χ1) is 34.4. The zero-order valence-electron chi connectivity index (χ0n) is 60.4. The summed E-state index contributed by atoms with van der Waals surface area (Å²) in [4.78, 5) is 11.9. The Morgan fingerprint density at radius 2 is 0.610 bits per heavy atom. The van der Waals surface area contributed by atoms with Crippen LogP contribution in [0.15, 0.2) is 30.8 Å². The van der Waals surface area contributed by atoms with Crippen LogP contribution in [0, 0.1) is 43.3 Å². The number of allylic oxidation sites excluding steroid dienone is 1. The smallest absolute Gasteiger partial charge is 0.407 e. The number of carbonyl (C=O) groups excluding carboxylic acids is 1. The molecule has 0 atom stereocenters.